The highest BCUT2D eigenvalue weighted by atomic mass is 35.5. The Kier molecular flexibility index (Phi) is 5.90. The van der Waals surface area contributed by atoms with Gasteiger partial charge in [0.15, 0.2) is 0 Å². The van der Waals surface area contributed by atoms with Gasteiger partial charge in [-0.3, -0.25) is 4.79 Å². The number of thioether (sulfide) groups is 1. The van der Waals surface area contributed by atoms with Crippen molar-refractivity contribution in [1.29, 1.82) is 0 Å². The first kappa shape index (κ1) is 17.0. The molecule has 0 radical (unpaired) electrons. The number of thiophene rings is 1. The second kappa shape index (κ2) is 8.32. The second-order valence-corrected chi connectivity index (χ2v) is 7.26. The molecule has 0 atom stereocenters. The van der Waals surface area contributed by atoms with Gasteiger partial charge in [-0.05, 0) is 29.1 Å². The van der Waals surface area contributed by atoms with Gasteiger partial charge >= 0.3 is 0 Å². The Balaban J connectivity index is 1.41. The number of carbonyl (C=O) groups is 1. The van der Waals surface area contributed by atoms with E-state index in [9.17, 15) is 4.79 Å². The molecule has 5 nitrogen and oxygen atoms in total. The Morgan fingerprint density at radius 3 is 3.04 bits per heavy atom. The highest BCUT2D eigenvalue weighted by Gasteiger charge is 2.10. The fourth-order valence-electron chi connectivity index (χ4n) is 1.95. The SMILES string of the molecule is O=C(CSCc1cccc(Cl)c1)NCc1nc(-c2cccs2)no1. The molecule has 0 saturated carbocycles. The summed E-state index contributed by atoms with van der Waals surface area (Å²) in [4.78, 5) is 17.1. The van der Waals surface area contributed by atoms with Crippen LogP contribution in [0.1, 0.15) is 11.5 Å². The summed E-state index contributed by atoms with van der Waals surface area (Å²) in [7, 11) is 0. The summed E-state index contributed by atoms with van der Waals surface area (Å²) in [6.45, 7) is 0.231. The largest absolute Gasteiger partial charge is 0.346 e. The predicted molar refractivity (Wildman–Crippen MR) is 97.1 cm³/mol. The van der Waals surface area contributed by atoms with Crippen molar-refractivity contribution in [2.24, 2.45) is 0 Å². The van der Waals surface area contributed by atoms with Crippen LogP contribution in [-0.4, -0.2) is 21.8 Å². The molecule has 1 N–H and O–H groups in total. The van der Waals surface area contributed by atoms with E-state index in [4.69, 9.17) is 16.1 Å². The Labute approximate surface area is 152 Å². The number of aromatic nitrogens is 2. The highest BCUT2D eigenvalue weighted by Crippen LogP contribution is 2.21. The molecule has 2 aromatic heterocycles. The number of carbonyl (C=O) groups excluding carboxylic acids is 1. The lowest BCUT2D eigenvalue weighted by atomic mass is 10.2. The van der Waals surface area contributed by atoms with E-state index in [-0.39, 0.29) is 12.5 Å². The minimum atomic E-state index is -0.0714. The first-order chi connectivity index (χ1) is 11.7. The molecule has 24 heavy (non-hydrogen) atoms. The van der Waals surface area contributed by atoms with Gasteiger partial charge in [0, 0.05) is 10.8 Å². The third-order valence-electron chi connectivity index (χ3n) is 3.04. The van der Waals surface area contributed by atoms with Gasteiger partial charge in [-0.2, -0.15) is 4.98 Å². The molecule has 1 amide bonds. The molecular weight excluding hydrogens is 366 g/mol. The molecule has 0 bridgehead atoms. The number of amides is 1. The Hall–Kier alpha value is -1.83. The van der Waals surface area contributed by atoms with Crippen LogP contribution in [0.15, 0.2) is 46.3 Å². The van der Waals surface area contributed by atoms with Gasteiger partial charge < -0.3 is 9.84 Å². The predicted octanol–water partition coefficient (Wildman–Crippen LogP) is 4.00. The number of hydrogen-bond donors (Lipinski definition) is 1. The zero-order chi connectivity index (χ0) is 16.8. The summed E-state index contributed by atoms with van der Waals surface area (Å²) in [6.07, 6.45) is 0. The van der Waals surface area contributed by atoms with Crippen LogP contribution >= 0.6 is 34.7 Å². The number of nitrogens with zero attached hydrogens (tertiary/aromatic N) is 2. The molecule has 0 aliphatic rings. The van der Waals surface area contributed by atoms with Gasteiger partial charge in [-0.25, -0.2) is 0 Å². The number of nitrogens with one attached hydrogen (secondary N) is 1. The topological polar surface area (TPSA) is 68.0 Å². The van der Waals surface area contributed by atoms with Gasteiger partial charge in [0.1, 0.15) is 0 Å². The van der Waals surface area contributed by atoms with Crippen molar-refractivity contribution < 1.29 is 9.32 Å². The van der Waals surface area contributed by atoms with Gasteiger partial charge in [-0.1, -0.05) is 35.0 Å². The summed E-state index contributed by atoms with van der Waals surface area (Å²) >= 11 is 9.00. The fourth-order valence-corrected chi connectivity index (χ4v) is 3.61. The van der Waals surface area contributed by atoms with Gasteiger partial charge in [0.05, 0.1) is 17.2 Å². The van der Waals surface area contributed by atoms with Crippen molar-refractivity contribution >= 4 is 40.6 Å². The molecule has 1 aromatic carbocycles. The van der Waals surface area contributed by atoms with E-state index >= 15 is 0 Å². The number of benzene rings is 1. The minimum Gasteiger partial charge on any atom is -0.346 e. The molecule has 3 rings (SSSR count). The third-order valence-corrected chi connectivity index (χ3v) is 5.14. The number of halogens is 1. The van der Waals surface area contributed by atoms with Crippen LogP contribution in [-0.2, 0) is 17.1 Å². The van der Waals surface area contributed by atoms with Crippen LogP contribution in [0.25, 0.3) is 10.7 Å². The molecule has 0 aliphatic heterocycles. The lowest BCUT2D eigenvalue weighted by molar-refractivity contribution is -0.118. The van der Waals surface area contributed by atoms with Crippen LogP contribution in [0.3, 0.4) is 0 Å². The second-order valence-electron chi connectivity index (χ2n) is 4.89. The zero-order valence-electron chi connectivity index (χ0n) is 12.6. The maximum Gasteiger partial charge on any atom is 0.246 e. The van der Waals surface area contributed by atoms with Crippen molar-refractivity contribution in [2.45, 2.75) is 12.3 Å². The zero-order valence-corrected chi connectivity index (χ0v) is 15.0. The molecule has 0 aliphatic carbocycles. The molecule has 3 aromatic rings. The molecule has 0 unspecified atom stereocenters. The molecule has 0 fully saturated rings. The molecule has 2 heterocycles. The maximum absolute atomic E-state index is 11.9. The van der Waals surface area contributed by atoms with Gasteiger partial charge in [0.25, 0.3) is 0 Å². The quantitative estimate of drug-likeness (QED) is 0.672. The van der Waals surface area contributed by atoms with E-state index in [1.165, 1.54) is 23.1 Å². The first-order valence-electron chi connectivity index (χ1n) is 7.16. The lowest BCUT2D eigenvalue weighted by Gasteiger charge is -2.03. The fraction of sp³-hybridized carbons (Fsp3) is 0.188. The van der Waals surface area contributed by atoms with Crippen molar-refractivity contribution in [1.82, 2.24) is 15.5 Å². The third kappa shape index (κ3) is 4.83. The van der Waals surface area contributed by atoms with E-state index in [1.54, 1.807) is 0 Å². The summed E-state index contributed by atoms with van der Waals surface area (Å²) in [5.41, 5.74) is 1.10. The normalized spacial score (nSPS) is 10.7. The first-order valence-corrected chi connectivity index (χ1v) is 9.57. The molecule has 0 spiro atoms. The average molecular weight is 380 g/mol. The van der Waals surface area contributed by atoms with E-state index in [1.807, 2.05) is 41.8 Å². The van der Waals surface area contributed by atoms with E-state index < -0.39 is 0 Å². The molecule has 8 heteroatoms. The van der Waals surface area contributed by atoms with Crippen LogP contribution in [0.5, 0.6) is 0 Å². The smallest absolute Gasteiger partial charge is 0.246 e. The molecular formula is C16H14ClN3O2S2. The summed E-state index contributed by atoms with van der Waals surface area (Å²) < 4.78 is 5.14. The molecule has 0 saturated heterocycles. The van der Waals surface area contributed by atoms with E-state index in [2.05, 4.69) is 15.5 Å². The summed E-state index contributed by atoms with van der Waals surface area (Å²) in [5.74, 6) is 1.96. The monoisotopic (exact) mass is 379 g/mol. The summed E-state index contributed by atoms with van der Waals surface area (Å²) in [5, 5.41) is 9.33. The Bertz CT molecular complexity index is 805. The summed E-state index contributed by atoms with van der Waals surface area (Å²) in [6, 6.07) is 11.5. The lowest BCUT2D eigenvalue weighted by Crippen LogP contribution is -2.24. The van der Waals surface area contributed by atoms with Gasteiger partial charge in [-0.15, -0.1) is 23.1 Å². The van der Waals surface area contributed by atoms with Crippen molar-refractivity contribution in [2.75, 3.05) is 5.75 Å². The minimum absolute atomic E-state index is 0.0714. The van der Waals surface area contributed by atoms with Crippen molar-refractivity contribution in [3.63, 3.8) is 0 Å². The van der Waals surface area contributed by atoms with Crippen LogP contribution < -0.4 is 5.32 Å². The van der Waals surface area contributed by atoms with Crippen molar-refractivity contribution in [3.05, 3.63) is 58.3 Å². The Morgan fingerprint density at radius 2 is 2.25 bits per heavy atom. The van der Waals surface area contributed by atoms with Crippen LogP contribution in [0.2, 0.25) is 5.02 Å². The van der Waals surface area contributed by atoms with Gasteiger partial charge in [0.2, 0.25) is 17.6 Å². The molecule has 124 valence electrons. The Morgan fingerprint density at radius 1 is 1.33 bits per heavy atom. The average Bonchev–Trinajstić information content (AvgIpc) is 3.24. The number of rotatable bonds is 7. The van der Waals surface area contributed by atoms with E-state index in [0.717, 1.165) is 16.2 Å². The van der Waals surface area contributed by atoms with Crippen LogP contribution in [0.4, 0.5) is 0 Å². The standard InChI is InChI=1S/C16H14ClN3O2S2/c17-12-4-1-3-11(7-12)9-23-10-14(21)18-8-15-19-16(20-22-15)13-5-2-6-24-13/h1-7H,8-10H2,(H,18,21). The maximum atomic E-state index is 11.9. The van der Waals surface area contributed by atoms with E-state index in [0.29, 0.717) is 22.5 Å². The highest BCUT2D eigenvalue weighted by molar-refractivity contribution is 7.99. The number of hydrogen-bond acceptors (Lipinski definition) is 6. The van der Waals surface area contributed by atoms with Crippen molar-refractivity contribution in [3.8, 4) is 10.7 Å². The van der Waals surface area contributed by atoms with Crippen LogP contribution in [0, 0.1) is 0 Å².